The van der Waals surface area contributed by atoms with Crippen LogP contribution in [-0.2, 0) is 32.3 Å². The Hall–Kier alpha value is -3.28. The summed E-state index contributed by atoms with van der Waals surface area (Å²) in [5.74, 6) is -1.36. The summed E-state index contributed by atoms with van der Waals surface area (Å²) >= 11 is 12.5. The standard InChI is InChI=1S/C28H28Cl2F3N3O4S/c1-3-15-34-27(38)19(2)35(17-20-9-7-8-12-23(20)29)26(37)18-36(41(39,40)22-10-5-4-6-11-22)25-16-21(28(31,32)33)13-14-24(25)30/h4-14,16,19H,3,15,17-18H2,1-2H3,(H,34,38)/t19-/m1/s1. The number of nitrogens with one attached hydrogen (secondary N) is 1. The van der Waals surface area contributed by atoms with Crippen LogP contribution in [0, 0.1) is 0 Å². The number of hydrogen-bond acceptors (Lipinski definition) is 4. The highest BCUT2D eigenvalue weighted by molar-refractivity contribution is 7.92. The van der Waals surface area contributed by atoms with Crippen molar-refractivity contribution in [3.8, 4) is 0 Å². The molecular formula is C28H28Cl2F3N3O4S. The summed E-state index contributed by atoms with van der Waals surface area (Å²) in [6.45, 7) is 2.53. The number of halogens is 5. The van der Waals surface area contributed by atoms with Crippen LogP contribution in [-0.4, -0.2) is 44.3 Å². The second kappa shape index (κ2) is 13.6. The number of nitrogens with zero attached hydrogens (tertiary/aromatic N) is 2. The summed E-state index contributed by atoms with van der Waals surface area (Å²) in [5.41, 5.74) is -1.22. The highest BCUT2D eigenvalue weighted by Gasteiger charge is 2.36. The monoisotopic (exact) mass is 629 g/mol. The second-order valence-electron chi connectivity index (χ2n) is 9.07. The van der Waals surface area contributed by atoms with Crippen LogP contribution in [0.2, 0.25) is 10.0 Å². The Labute approximate surface area is 246 Å². The fourth-order valence-electron chi connectivity index (χ4n) is 3.90. The lowest BCUT2D eigenvalue weighted by atomic mass is 10.1. The van der Waals surface area contributed by atoms with Gasteiger partial charge in [0.2, 0.25) is 11.8 Å². The molecule has 7 nitrogen and oxygen atoms in total. The molecule has 0 spiro atoms. The van der Waals surface area contributed by atoms with E-state index in [1.807, 2.05) is 6.92 Å². The van der Waals surface area contributed by atoms with Crippen LogP contribution in [0.15, 0.2) is 77.7 Å². The molecular weight excluding hydrogens is 602 g/mol. The summed E-state index contributed by atoms with van der Waals surface area (Å²) in [4.78, 5) is 27.6. The molecule has 0 heterocycles. The number of benzene rings is 3. The van der Waals surface area contributed by atoms with Crippen LogP contribution < -0.4 is 9.62 Å². The van der Waals surface area contributed by atoms with Crippen molar-refractivity contribution in [1.29, 1.82) is 0 Å². The van der Waals surface area contributed by atoms with E-state index in [1.54, 1.807) is 30.3 Å². The third-order valence-corrected chi connectivity index (χ3v) is 8.63. The number of amides is 2. The van der Waals surface area contributed by atoms with Gasteiger partial charge in [0.25, 0.3) is 10.0 Å². The van der Waals surface area contributed by atoms with Crippen LogP contribution in [0.25, 0.3) is 0 Å². The van der Waals surface area contributed by atoms with Crippen LogP contribution in [0.4, 0.5) is 18.9 Å². The van der Waals surface area contributed by atoms with Crippen molar-refractivity contribution < 1.29 is 31.2 Å². The fraction of sp³-hybridized carbons (Fsp3) is 0.286. The number of rotatable bonds is 11. The molecule has 0 aromatic heterocycles. The van der Waals surface area contributed by atoms with Gasteiger partial charge in [-0.1, -0.05) is 66.5 Å². The molecule has 0 unspecified atom stereocenters. The molecule has 3 aromatic carbocycles. The first-order valence-corrected chi connectivity index (χ1v) is 14.7. The minimum atomic E-state index is -4.81. The molecule has 3 aromatic rings. The highest BCUT2D eigenvalue weighted by atomic mass is 35.5. The van der Waals surface area contributed by atoms with Crippen molar-refractivity contribution in [1.82, 2.24) is 10.2 Å². The third kappa shape index (κ3) is 7.93. The molecule has 0 fully saturated rings. The normalized spacial score (nSPS) is 12.5. The molecule has 3 rings (SSSR count). The summed E-state index contributed by atoms with van der Waals surface area (Å²) in [5, 5.41) is 2.68. The number of sulfonamides is 1. The van der Waals surface area contributed by atoms with Gasteiger partial charge in [0.1, 0.15) is 12.6 Å². The third-order valence-electron chi connectivity index (χ3n) is 6.17. The molecule has 1 N–H and O–H groups in total. The molecule has 220 valence electrons. The molecule has 0 saturated carbocycles. The topological polar surface area (TPSA) is 86.8 Å². The average Bonchev–Trinajstić information content (AvgIpc) is 2.94. The maximum atomic E-state index is 13.9. The van der Waals surface area contributed by atoms with Gasteiger partial charge < -0.3 is 10.2 Å². The first-order valence-electron chi connectivity index (χ1n) is 12.5. The van der Waals surface area contributed by atoms with Gasteiger partial charge in [-0.05, 0) is 55.3 Å². The SMILES string of the molecule is CCCNC(=O)[C@@H](C)N(Cc1ccccc1Cl)C(=O)CN(c1cc(C(F)(F)F)ccc1Cl)S(=O)(=O)c1ccccc1. The number of anilines is 1. The summed E-state index contributed by atoms with van der Waals surface area (Å²) in [6.07, 6.45) is -4.18. The molecule has 0 aliphatic rings. The van der Waals surface area contributed by atoms with E-state index in [-0.39, 0.29) is 16.5 Å². The minimum Gasteiger partial charge on any atom is -0.354 e. The first kappa shape index (κ1) is 32.2. The Bertz CT molecular complexity index is 1490. The number of hydrogen-bond donors (Lipinski definition) is 1. The lowest BCUT2D eigenvalue weighted by Gasteiger charge is -2.32. The van der Waals surface area contributed by atoms with Gasteiger partial charge in [-0.15, -0.1) is 0 Å². The number of carbonyl (C=O) groups excluding carboxylic acids is 2. The van der Waals surface area contributed by atoms with E-state index in [1.165, 1.54) is 31.2 Å². The number of alkyl halides is 3. The van der Waals surface area contributed by atoms with Crippen LogP contribution in [0.3, 0.4) is 0 Å². The first-order chi connectivity index (χ1) is 19.3. The Morgan fingerprint density at radius 1 is 0.951 bits per heavy atom. The van der Waals surface area contributed by atoms with Crippen LogP contribution in [0.5, 0.6) is 0 Å². The van der Waals surface area contributed by atoms with E-state index in [4.69, 9.17) is 23.2 Å². The minimum absolute atomic E-state index is 0.172. The summed E-state index contributed by atoms with van der Waals surface area (Å²) < 4.78 is 68.9. The Morgan fingerprint density at radius 3 is 2.20 bits per heavy atom. The lowest BCUT2D eigenvalue weighted by Crippen LogP contribution is -2.51. The van der Waals surface area contributed by atoms with E-state index in [9.17, 15) is 31.2 Å². The van der Waals surface area contributed by atoms with Crippen molar-refractivity contribution >= 4 is 50.7 Å². The van der Waals surface area contributed by atoms with E-state index in [2.05, 4.69) is 5.32 Å². The lowest BCUT2D eigenvalue weighted by molar-refractivity contribution is -0.139. The maximum absolute atomic E-state index is 13.9. The molecule has 0 aliphatic carbocycles. The molecule has 13 heteroatoms. The maximum Gasteiger partial charge on any atom is 0.416 e. The largest absolute Gasteiger partial charge is 0.416 e. The fourth-order valence-corrected chi connectivity index (χ4v) is 5.81. The molecule has 41 heavy (non-hydrogen) atoms. The summed E-state index contributed by atoms with van der Waals surface area (Å²) in [7, 11) is -4.60. The Morgan fingerprint density at radius 2 is 1.59 bits per heavy atom. The molecule has 1 atom stereocenters. The van der Waals surface area contributed by atoms with Crippen molar-refractivity contribution in [2.45, 2.75) is 43.9 Å². The van der Waals surface area contributed by atoms with Gasteiger partial charge in [0, 0.05) is 18.1 Å². The molecule has 0 aliphatic heterocycles. The average molecular weight is 631 g/mol. The van der Waals surface area contributed by atoms with E-state index in [0.717, 1.165) is 11.0 Å². The second-order valence-corrected chi connectivity index (χ2v) is 11.7. The van der Waals surface area contributed by atoms with Crippen molar-refractivity contribution in [2.75, 3.05) is 17.4 Å². The summed E-state index contributed by atoms with van der Waals surface area (Å²) in [6, 6.07) is 14.6. The van der Waals surface area contributed by atoms with Gasteiger partial charge in [0.15, 0.2) is 0 Å². The molecule has 2 amide bonds. The van der Waals surface area contributed by atoms with Crippen molar-refractivity contribution in [3.63, 3.8) is 0 Å². The van der Waals surface area contributed by atoms with E-state index in [0.29, 0.717) is 40.0 Å². The van der Waals surface area contributed by atoms with Crippen LogP contribution >= 0.6 is 23.2 Å². The highest BCUT2D eigenvalue weighted by Crippen LogP contribution is 2.37. The van der Waals surface area contributed by atoms with Crippen molar-refractivity contribution in [3.05, 3.63) is 94.0 Å². The predicted molar refractivity (Wildman–Crippen MR) is 152 cm³/mol. The van der Waals surface area contributed by atoms with E-state index >= 15 is 0 Å². The molecule has 0 saturated heterocycles. The zero-order valence-electron chi connectivity index (χ0n) is 22.2. The van der Waals surface area contributed by atoms with Gasteiger partial charge in [-0.2, -0.15) is 13.2 Å². The Balaban J connectivity index is 2.12. The van der Waals surface area contributed by atoms with Crippen molar-refractivity contribution in [2.24, 2.45) is 0 Å². The van der Waals surface area contributed by atoms with Gasteiger partial charge in [0.05, 0.1) is 21.2 Å². The van der Waals surface area contributed by atoms with E-state index < -0.39 is 51.9 Å². The van der Waals surface area contributed by atoms with Gasteiger partial charge in [-0.3, -0.25) is 13.9 Å². The predicted octanol–water partition coefficient (Wildman–Crippen LogP) is 6.15. The van der Waals surface area contributed by atoms with Gasteiger partial charge >= 0.3 is 6.18 Å². The smallest absolute Gasteiger partial charge is 0.354 e. The van der Waals surface area contributed by atoms with Crippen LogP contribution in [0.1, 0.15) is 31.4 Å². The molecule has 0 radical (unpaired) electrons. The Kier molecular flexibility index (Phi) is 10.7. The molecule has 0 bridgehead atoms. The quantitative estimate of drug-likeness (QED) is 0.276. The number of carbonyl (C=O) groups is 2. The van der Waals surface area contributed by atoms with Gasteiger partial charge in [-0.25, -0.2) is 8.42 Å². The zero-order valence-corrected chi connectivity index (χ0v) is 24.5. The zero-order chi connectivity index (χ0) is 30.4.